The smallest absolute Gasteiger partial charge is 0.285 e. The standard InChI is InChI=1S/C14H16ClN7O2/c15-11-10(5-17-20-12(11)23)21-4-1-9(6-21)19-13(24)14(2-3-14)22-8-16-7-18-22/h5,7-9H,1-4,6H2,(H,19,24)(H,20,23). The Hall–Kier alpha value is -2.42. The van der Waals surface area contributed by atoms with Crippen LogP contribution >= 0.6 is 11.6 Å². The lowest BCUT2D eigenvalue weighted by Crippen LogP contribution is -2.45. The van der Waals surface area contributed by atoms with E-state index in [-0.39, 0.29) is 17.0 Å². The van der Waals surface area contributed by atoms with E-state index >= 15 is 0 Å². The molecule has 1 unspecified atom stereocenters. The number of carbonyl (C=O) groups excluding carboxylic acids is 1. The van der Waals surface area contributed by atoms with Crippen molar-refractivity contribution in [3.63, 3.8) is 0 Å². The van der Waals surface area contributed by atoms with Crippen LogP contribution in [0.1, 0.15) is 19.3 Å². The number of aromatic nitrogens is 5. The summed E-state index contributed by atoms with van der Waals surface area (Å²) in [6, 6.07) is -0.00569. The first-order chi connectivity index (χ1) is 11.6. The average molecular weight is 350 g/mol. The molecule has 126 valence electrons. The number of rotatable bonds is 4. The maximum absolute atomic E-state index is 12.6. The zero-order chi connectivity index (χ0) is 16.7. The van der Waals surface area contributed by atoms with Gasteiger partial charge < -0.3 is 10.2 Å². The fraction of sp³-hybridized carbons (Fsp3) is 0.500. The summed E-state index contributed by atoms with van der Waals surface area (Å²) in [7, 11) is 0. The van der Waals surface area contributed by atoms with Crippen LogP contribution in [0.5, 0.6) is 0 Å². The summed E-state index contributed by atoms with van der Waals surface area (Å²) in [5.74, 6) is -0.0324. The third-order valence-corrected chi connectivity index (χ3v) is 5.01. The van der Waals surface area contributed by atoms with Gasteiger partial charge in [-0.25, -0.2) is 14.8 Å². The number of hydrogen-bond acceptors (Lipinski definition) is 6. The van der Waals surface area contributed by atoms with Crippen molar-refractivity contribution in [3.8, 4) is 0 Å². The Morgan fingerprint density at radius 1 is 1.46 bits per heavy atom. The highest BCUT2D eigenvalue weighted by Gasteiger charge is 2.53. The third kappa shape index (κ3) is 2.44. The van der Waals surface area contributed by atoms with Crippen molar-refractivity contribution in [2.75, 3.05) is 18.0 Å². The highest BCUT2D eigenvalue weighted by Crippen LogP contribution is 2.43. The maximum atomic E-state index is 12.6. The van der Waals surface area contributed by atoms with Crippen molar-refractivity contribution in [2.45, 2.75) is 30.8 Å². The zero-order valence-corrected chi connectivity index (χ0v) is 13.5. The summed E-state index contributed by atoms with van der Waals surface area (Å²) < 4.78 is 1.63. The number of aromatic amines is 1. The Morgan fingerprint density at radius 3 is 3.00 bits per heavy atom. The summed E-state index contributed by atoms with van der Waals surface area (Å²) in [6.07, 6.45) is 6.86. The molecule has 1 amide bonds. The van der Waals surface area contributed by atoms with Gasteiger partial charge in [0, 0.05) is 19.1 Å². The molecular formula is C14H16ClN7O2. The lowest BCUT2D eigenvalue weighted by atomic mass is 10.2. The van der Waals surface area contributed by atoms with Gasteiger partial charge in [0.2, 0.25) is 5.91 Å². The summed E-state index contributed by atoms with van der Waals surface area (Å²) in [5, 5.41) is 13.4. The molecule has 1 saturated heterocycles. The molecule has 10 heteroatoms. The molecule has 0 aromatic carbocycles. The first-order valence-electron chi connectivity index (χ1n) is 7.74. The second kappa shape index (κ2) is 5.59. The Bertz CT molecular complexity index is 815. The van der Waals surface area contributed by atoms with Crippen LogP contribution in [-0.2, 0) is 10.3 Å². The SMILES string of the molecule is O=C(NC1CCN(c2cn[nH]c(=O)c2Cl)C1)C1(n2cncn2)CC1. The molecule has 1 saturated carbocycles. The number of hydrogen-bond donors (Lipinski definition) is 2. The molecule has 1 atom stereocenters. The predicted molar refractivity (Wildman–Crippen MR) is 85.9 cm³/mol. The Balaban J connectivity index is 1.44. The van der Waals surface area contributed by atoms with Gasteiger partial charge in [0.25, 0.3) is 5.56 Å². The van der Waals surface area contributed by atoms with Crippen LogP contribution in [-0.4, -0.2) is 50.0 Å². The lowest BCUT2D eigenvalue weighted by molar-refractivity contribution is -0.126. The van der Waals surface area contributed by atoms with E-state index in [1.165, 1.54) is 12.5 Å². The molecule has 2 aliphatic rings. The summed E-state index contributed by atoms with van der Waals surface area (Å²) in [5.41, 5.74) is -0.410. The topological polar surface area (TPSA) is 109 Å². The first kappa shape index (κ1) is 15.1. The maximum Gasteiger partial charge on any atom is 0.285 e. The number of carbonyl (C=O) groups is 1. The van der Waals surface area contributed by atoms with Gasteiger partial charge in [-0.1, -0.05) is 11.6 Å². The molecule has 9 nitrogen and oxygen atoms in total. The van der Waals surface area contributed by atoms with Crippen LogP contribution in [0.2, 0.25) is 5.02 Å². The number of H-pyrrole nitrogens is 1. The monoisotopic (exact) mass is 349 g/mol. The van der Waals surface area contributed by atoms with Crippen LogP contribution in [0.3, 0.4) is 0 Å². The van der Waals surface area contributed by atoms with E-state index in [0.29, 0.717) is 18.8 Å². The predicted octanol–water partition coefficient (Wildman–Crippen LogP) is -0.101. The van der Waals surface area contributed by atoms with Gasteiger partial charge in [0.1, 0.15) is 23.2 Å². The molecule has 24 heavy (non-hydrogen) atoms. The molecule has 2 aromatic rings. The molecule has 2 fully saturated rings. The van der Waals surface area contributed by atoms with Crippen molar-refractivity contribution in [2.24, 2.45) is 0 Å². The molecule has 0 bridgehead atoms. The van der Waals surface area contributed by atoms with Crippen LogP contribution in [0.15, 0.2) is 23.6 Å². The van der Waals surface area contributed by atoms with Gasteiger partial charge in [-0.05, 0) is 19.3 Å². The van der Waals surface area contributed by atoms with Crippen molar-refractivity contribution in [1.82, 2.24) is 30.3 Å². The van der Waals surface area contributed by atoms with Crippen LogP contribution < -0.4 is 15.8 Å². The normalized spacial score (nSPS) is 21.7. The molecule has 0 spiro atoms. The third-order valence-electron chi connectivity index (χ3n) is 4.64. The summed E-state index contributed by atoms with van der Waals surface area (Å²) >= 11 is 6.05. The van der Waals surface area contributed by atoms with Gasteiger partial charge in [-0.3, -0.25) is 9.59 Å². The summed E-state index contributed by atoms with van der Waals surface area (Å²) in [6.45, 7) is 1.29. The van der Waals surface area contributed by atoms with E-state index < -0.39 is 11.1 Å². The molecule has 2 N–H and O–H groups in total. The van der Waals surface area contributed by atoms with Gasteiger partial charge in [-0.15, -0.1) is 0 Å². The highest BCUT2D eigenvalue weighted by atomic mass is 35.5. The van der Waals surface area contributed by atoms with E-state index in [2.05, 4.69) is 25.6 Å². The Kier molecular flexibility index (Phi) is 3.52. The quantitative estimate of drug-likeness (QED) is 0.797. The minimum absolute atomic E-state index is 0.00569. The van der Waals surface area contributed by atoms with Crippen LogP contribution in [0, 0.1) is 0 Å². The number of halogens is 1. The number of anilines is 1. The molecule has 1 aliphatic carbocycles. The van der Waals surface area contributed by atoms with E-state index in [4.69, 9.17) is 11.6 Å². The first-order valence-corrected chi connectivity index (χ1v) is 8.12. The number of amides is 1. The van der Waals surface area contributed by atoms with Crippen molar-refractivity contribution in [3.05, 3.63) is 34.2 Å². The molecule has 0 radical (unpaired) electrons. The zero-order valence-electron chi connectivity index (χ0n) is 12.8. The molecular weight excluding hydrogens is 334 g/mol. The Morgan fingerprint density at radius 2 is 2.29 bits per heavy atom. The van der Waals surface area contributed by atoms with Gasteiger partial charge in [-0.2, -0.15) is 10.2 Å². The van der Waals surface area contributed by atoms with Gasteiger partial charge in [0.15, 0.2) is 0 Å². The molecule has 3 heterocycles. The fourth-order valence-electron chi connectivity index (χ4n) is 3.12. The van der Waals surface area contributed by atoms with Gasteiger partial charge >= 0.3 is 0 Å². The van der Waals surface area contributed by atoms with E-state index in [9.17, 15) is 9.59 Å². The minimum Gasteiger partial charge on any atom is -0.367 e. The van der Waals surface area contributed by atoms with E-state index in [0.717, 1.165) is 19.3 Å². The van der Waals surface area contributed by atoms with Crippen LogP contribution in [0.4, 0.5) is 5.69 Å². The van der Waals surface area contributed by atoms with Crippen molar-refractivity contribution in [1.29, 1.82) is 0 Å². The minimum atomic E-state index is -0.590. The highest BCUT2D eigenvalue weighted by molar-refractivity contribution is 6.33. The van der Waals surface area contributed by atoms with E-state index in [1.54, 1.807) is 11.0 Å². The molecule has 1 aliphatic heterocycles. The molecule has 2 aromatic heterocycles. The van der Waals surface area contributed by atoms with E-state index in [1.807, 2.05) is 4.90 Å². The summed E-state index contributed by atoms with van der Waals surface area (Å²) in [4.78, 5) is 30.1. The van der Waals surface area contributed by atoms with Gasteiger partial charge in [0.05, 0.1) is 11.9 Å². The largest absolute Gasteiger partial charge is 0.367 e. The Labute approximate surface area is 142 Å². The average Bonchev–Trinajstić information content (AvgIpc) is 2.98. The second-order valence-electron chi connectivity index (χ2n) is 6.18. The number of nitrogens with one attached hydrogen (secondary N) is 2. The van der Waals surface area contributed by atoms with Crippen LogP contribution in [0.25, 0.3) is 0 Å². The molecule has 4 rings (SSSR count). The second-order valence-corrected chi connectivity index (χ2v) is 6.55. The number of nitrogens with zero attached hydrogens (tertiary/aromatic N) is 5. The van der Waals surface area contributed by atoms with Crippen molar-refractivity contribution >= 4 is 23.2 Å². The van der Waals surface area contributed by atoms with Crippen molar-refractivity contribution < 1.29 is 4.79 Å². The lowest BCUT2D eigenvalue weighted by Gasteiger charge is -2.21. The fourth-order valence-corrected chi connectivity index (χ4v) is 3.33.